The second kappa shape index (κ2) is 8.88. The van der Waals surface area contributed by atoms with E-state index in [1.54, 1.807) is 0 Å². The van der Waals surface area contributed by atoms with E-state index in [0.29, 0.717) is 5.69 Å². The molecule has 0 fully saturated rings. The van der Waals surface area contributed by atoms with Gasteiger partial charge < -0.3 is 21.5 Å². The molecule has 0 aliphatic carbocycles. The second-order valence-corrected chi connectivity index (χ2v) is 7.39. The zero-order valence-electron chi connectivity index (χ0n) is 16.0. The van der Waals surface area contributed by atoms with Crippen LogP contribution in [0.3, 0.4) is 0 Å². The first-order valence-corrected chi connectivity index (χ1v) is 9.64. The number of nitrogen functional groups attached to an aromatic ring is 1. The summed E-state index contributed by atoms with van der Waals surface area (Å²) in [4.78, 5) is 39.3. The van der Waals surface area contributed by atoms with Crippen molar-refractivity contribution in [3.8, 4) is 0 Å². The number of ketones is 1. The third-order valence-electron chi connectivity index (χ3n) is 4.17. The highest BCUT2D eigenvalue weighted by Crippen LogP contribution is 2.31. The molecule has 1 heterocycles. The number of rotatable bonds is 7. The summed E-state index contributed by atoms with van der Waals surface area (Å²) < 4.78 is 27.8. The van der Waals surface area contributed by atoms with Crippen LogP contribution in [0.4, 0.5) is 25.4 Å². The highest BCUT2D eigenvalue weighted by Gasteiger charge is 2.24. The molecule has 0 radical (unpaired) electrons. The molecule has 0 spiro atoms. The van der Waals surface area contributed by atoms with E-state index in [2.05, 4.69) is 15.6 Å². The number of halogens is 2. The number of nitrogens with one attached hydrogen (secondary N) is 2. The van der Waals surface area contributed by atoms with Gasteiger partial charge in [-0.1, -0.05) is 17.4 Å². The van der Waals surface area contributed by atoms with Crippen LogP contribution in [0.15, 0.2) is 42.5 Å². The minimum absolute atomic E-state index is 0.120. The molecule has 1 unspecified atom stereocenters. The van der Waals surface area contributed by atoms with Gasteiger partial charge in [0, 0.05) is 11.3 Å². The Hall–Kier alpha value is -3.86. The topological polar surface area (TPSA) is 134 Å². The highest BCUT2D eigenvalue weighted by atomic mass is 32.1. The number of thiazole rings is 1. The standard InChI is InChI=1S/C20H16F2N4O4S/c1-9(19(29)30)24-18(28)10-5-7-11(8-6-10)25-20-26-17(23)16(31-20)15(27)14-12(21)3-2-4-13(14)22/h2-9H,23H2,1H3,(H,24,28)(H,25,26)(H,29,30). The Balaban J connectivity index is 1.75. The summed E-state index contributed by atoms with van der Waals surface area (Å²) in [5.74, 6) is -4.82. The molecule has 3 rings (SSSR count). The Labute approximate surface area is 178 Å². The van der Waals surface area contributed by atoms with Crippen LogP contribution in [0, 0.1) is 11.6 Å². The van der Waals surface area contributed by atoms with E-state index in [1.165, 1.54) is 31.2 Å². The fraction of sp³-hybridized carbons (Fsp3) is 0.100. The third kappa shape index (κ3) is 4.83. The molecule has 8 nitrogen and oxygen atoms in total. The zero-order chi connectivity index (χ0) is 22.7. The minimum Gasteiger partial charge on any atom is -0.480 e. The average Bonchev–Trinajstić information content (AvgIpc) is 3.08. The Morgan fingerprint density at radius 1 is 1.10 bits per heavy atom. The molecule has 1 amide bonds. The van der Waals surface area contributed by atoms with Gasteiger partial charge in [0.1, 0.15) is 28.4 Å². The van der Waals surface area contributed by atoms with Crippen molar-refractivity contribution < 1.29 is 28.3 Å². The molecule has 0 aliphatic rings. The first-order chi connectivity index (χ1) is 14.7. The van der Waals surface area contributed by atoms with Crippen molar-refractivity contribution in [1.82, 2.24) is 10.3 Å². The number of benzene rings is 2. The Bertz CT molecular complexity index is 1140. The lowest BCUT2D eigenvalue weighted by Gasteiger charge is -2.09. The van der Waals surface area contributed by atoms with Crippen LogP contribution < -0.4 is 16.4 Å². The number of anilines is 3. The number of carboxylic acids is 1. The zero-order valence-corrected chi connectivity index (χ0v) is 16.8. The number of nitrogens with zero attached hydrogens (tertiary/aromatic N) is 1. The van der Waals surface area contributed by atoms with E-state index in [4.69, 9.17) is 10.8 Å². The average molecular weight is 446 g/mol. The molecule has 3 aromatic rings. The molecule has 0 saturated heterocycles. The van der Waals surface area contributed by atoms with E-state index >= 15 is 0 Å². The van der Waals surface area contributed by atoms with Gasteiger partial charge in [-0.2, -0.15) is 0 Å². The summed E-state index contributed by atoms with van der Waals surface area (Å²) in [6.07, 6.45) is 0. The molecule has 2 aromatic carbocycles. The van der Waals surface area contributed by atoms with Gasteiger partial charge in [0.05, 0.1) is 5.56 Å². The van der Waals surface area contributed by atoms with Crippen molar-refractivity contribution in [2.45, 2.75) is 13.0 Å². The number of aliphatic carboxylic acids is 1. The number of carbonyl (C=O) groups is 3. The van der Waals surface area contributed by atoms with Gasteiger partial charge in [0.15, 0.2) is 5.13 Å². The smallest absolute Gasteiger partial charge is 0.325 e. The lowest BCUT2D eigenvalue weighted by atomic mass is 10.1. The number of carbonyl (C=O) groups excluding carboxylic acids is 2. The van der Waals surface area contributed by atoms with Crippen molar-refractivity contribution in [3.63, 3.8) is 0 Å². The quantitative estimate of drug-likeness (QED) is 0.410. The predicted molar refractivity (Wildman–Crippen MR) is 111 cm³/mol. The van der Waals surface area contributed by atoms with Crippen LogP contribution in [0.25, 0.3) is 0 Å². The van der Waals surface area contributed by atoms with Crippen LogP contribution >= 0.6 is 11.3 Å². The van der Waals surface area contributed by atoms with E-state index in [9.17, 15) is 23.2 Å². The maximum atomic E-state index is 13.9. The summed E-state index contributed by atoms with van der Waals surface area (Å²) in [6, 6.07) is 8.05. The SMILES string of the molecule is CC(NC(=O)c1ccc(Nc2nc(N)c(C(=O)c3c(F)cccc3F)s2)cc1)C(=O)O. The molecule has 160 valence electrons. The molecule has 31 heavy (non-hydrogen) atoms. The van der Waals surface area contributed by atoms with Crippen LogP contribution in [0.1, 0.15) is 32.5 Å². The molecule has 0 saturated carbocycles. The van der Waals surface area contributed by atoms with E-state index in [1.807, 2.05) is 0 Å². The molecular weight excluding hydrogens is 430 g/mol. The molecule has 11 heteroatoms. The number of nitrogens with two attached hydrogens (primary N) is 1. The first kappa shape index (κ1) is 21.8. The summed E-state index contributed by atoms with van der Waals surface area (Å²) in [6.45, 7) is 1.34. The summed E-state index contributed by atoms with van der Waals surface area (Å²) >= 11 is 0.822. The molecule has 5 N–H and O–H groups in total. The number of hydrogen-bond donors (Lipinski definition) is 4. The van der Waals surface area contributed by atoms with Gasteiger partial charge in [-0.05, 0) is 43.3 Å². The van der Waals surface area contributed by atoms with Crippen LogP contribution in [0.5, 0.6) is 0 Å². The molecule has 0 bridgehead atoms. The number of carboxylic acid groups (broad SMARTS) is 1. The number of hydrogen-bond acceptors (Lipinski definition) is 7. The fourth-order valence-electron chi connectivity index (χ4n) is 2.55. The summed E-state index contributed by atoms with van der Waals surface area (Å²) in [5, 5.41) is 14.3. The Morgan fingerprint density at radius 3 is 2.29 bits per heavy atom. The largest absolute Gasteiger partial charge is 0.480 e. The summed E-state index contributed by atoms with van der Waals surface area (Å²) in [5.41, 5.74) is 5.78. The Kier molecular flexibility index (Phi) is 6.25. The number of aromatic nitrogens is 1. The fourth-order valence-corrected chi connectivity index (χ4v) is 3.40. The van der Waals surface area contributed by atoms with Crippen LogP contribution in [-0.4, -0.2) is 33.8 Å². The van der Waals surface area contributed by atoms with Gasteiger partial charge in [0.2, 0.25) is 5.78 Å². The third-order valence-corrected chi connectivity index (χ3v) is 5.15. The Morgan fingerprint density at radius 2 is 1.71 bits per heavy atom. The predicted octanol–water partition coefficient (Wildman–Crippen LogP) is 3.18. The van der Waals surface area contributed by atoms with E-state index < -0.39 is 40.9 Å². The van der Waals surface area contributed by atoms with Gasteiger partial charge in [0.25, 0.3) is 5.91 Å². The molecule has 1 atom stereocenters. The van der Waals surface area contributed by atoms with Gasteiger partial charge in [-0.3, -0.25) is 14.4 Å². The highest BCUT2D eigenvalue weighted by molar-refractivity contribution is 7.18. The lowest BCUT2D eigenvalue weighted by molar-refractivity contribution is -0.138. The van der Waals surface area contributed by atoms with Crippen molar-refractivity contribution >= 4 is 45.6 Å². The normalized spacial score (nSPS) is 11.6. The minimum atomic E-state index is -1.16. The van der Waals surface area contributed by atoms with Crippen LogP contribution in [-0.2, 0) is 4.79 Å². The van der Waals surface area contributed by atoms with Crippen molar-refractivity contribution in [1.29, 1.82) is 0 Å². The lowest BCUT2D eigenvalue weighted by Crippen LogP contribution is -2.38. The maximum absolute atomic E-state index is 13.9. The van der Waals surface area contributed by atoms with Gasteiger partial charge in [-0.25, -0.2) is 13.8 Å². The van der Waals surface area contributed by atoms with Crippen molar-refractivity contribution in [2.75, 3.05) is 11.1 Å². The van der Waals surface area contributed by atoms with E-state index in [-0.39, 0.29) is 21.4 Å². The summed E-state index contributed by atoms with van der Waals surface area (Å²) in [7, 11) is 0. The molecule has 0 aliphatic heterocycles. The van der Waals surface area contributed by atoms with Crippen molar-refractivity contribution in [3.05, 3.63) is 70.1 Å². The van der Waals surface area contributed by atoms with E-state index in [0.717, 1.165) is 29.5 Å². The maximum Gasteiger partial charge on any atom is 0.325 e. The second-order valence-electron chi connectivity index (χ2n) is 6.39. The van der Waals surface area contributed by atoms with Crippen LogP contribution in [0.2, 0.25) is 0 Å². The van der Waals surface area contributed by atoms with Gasteiger partial charge >= 0.3 is 5.97 Å². The first-order valence-electron chi connectivity index (χ1n) is 8.83. The van der Waals surface area contributed by atoms with Gasteiger partial charge in [-0.15, -0.1) is 0 Å². The van der Waals surface area contributed by atoms with Crippen molar-refractivity contribution in [2.24, 2.45) is 0 Å². The monoisotopic (exact) mass is 446 g/mol. The molecular formula is C20H16F2N4O4S. The number of amides is 1. The molecule has 1 aromatic heterocycles.